The van der Waals surface area contributed by atoms with Gasteiger partial charge in [0.25, 0.3) is 11.6 Å². The number of carbonyl (C=O) groups excluding carboxylic acids is 1. The molecule has 7 nitrogen and oxygen atoms in total. The van der Waals surface area contributed by atoms with Crippen LogP contribution in [0, 0.1) is 19.6 Å². The highest BCUT2D eigenvalue weighted by Crippen LogP contribution is 2.24. The van der Waals surface area contributed by atoms with Gasteiger partial charge in [0.1, 0.15) is 0 Å². The van der Waals surface area contributed by atoms with E-state index in [1.165, 1.54) is 23.1 Å². The number of amides is 1. The first kappa shape index (κ1) is 15.7. The molecule has 0 aromatic heterocycles. The minimum atomic E-state index is -0.916. The third-order valence-electron chi connectivity index (χ3n) is 3.45. The normalized spacial score (nSPS) is 18.3. The summed E-state index contributed by atoms with van der Waals surface area (Å²) < 4.78 is 0.612. The lowest BCUT2D eigenvalue weighted by Crippen LogP contribution is -2.42. The summed E-state index contributed by atoms with van der Waals surface area (Å²) in [6, 6.07) is 4.11. The van der Waals surface area contributed by atoms with E-state index in [9.17, 15) is 19.7 Å². The molecule has 0 spiro atoms. The van der Waals surface area contributed by atoms with Crippen molar-refractivity contribution in [2.75, 3.05) is 13.1 Å². The quantitative estimate of drug-likeness (QED) is 0.473. The molecule has 0 bridgehead atoms. The second-order valence-electron chi connectivity index (χ2n) is 4.85. The maximum absolute atomic E-state index is 12.5. The van der Waals surface area contributed by atoms with Crippen molar-refractivity contribution in [3.8, 4) is 0 Å². The number of piperidine rings is 1. The molecule has 0 saturated carbocycles. The van der Waals surface area contributed by atoms with Gasteiger partial charge in [-0.05, 0) is 41.5 Å². The molecule has 21 heavy (non-hydrogen) atoms. The lowest BCUT2D eigenvalue weighted by atomic mass is 9.97. The first-order valence-corrected chi connectivity index (χ1v) is 7.44. The van der Waals surface area contributed by atoms with Crippen LogP contribution in [0.1, 0.15) is 23.2 Å². The standard InChI is InChI=1S/C13H13IN2O5/c14-11-4-3-9(16(20)21)6-10(11)12(17)15-5-1-2-8(7-15)13(18)19/h3-4,6,8H,1-2,5,7H2,(H,18,19)/t8-/m1/s1. The van der Waals surface area contributed by atoms with Gasteiger partial charge in [0.15, 0.2) is 0 Å². The summed E-state index contributed by atoms with van der Waals surface area (Å²) in [4.78, 5) is 35.2. The molecule has 112 valence electrons. The molecule has 0 aliphatic carbocycles. The zero-order valence-electron chi connectivity index (χ0n) is 11.0. The van der Waals surface area contributed by atoms with E-state index >= 15 is 0 Å². The van der Waals surface area contributed by atoms with E-state index in [4.69, 9.17) is 5.11 Å². The molecule has 1 amide bonds. The zero-order chi connectivity index (χ0) is 15.6. The Morgan fingerprint density at radius 1 is 1.43 bits per heavy atom. The van der Waals surface area contributed by atoms with E-state index < -0.39 is 16.8 Å². The highest BCUT2D eigenvalue weighted by molar-refractivity contribution is 14.1. The Balaban J connectivity index is 2.25. The molecule has 1 atom stereocenters. The predicted octanol–water partition coefficient (Wildman–Crippen LogP) is 2.14. The molecule has 8 heteroatoms. The molecule has 1 fully saturated rings. The first-order valence-electron chi connectivity index (χ1n) is 6.36. The molecular formula is C13H13IN2O5. The van der Waals surface area contributed by atoms with E-state index in [1.807, 2.05) is 22.6 Å². The Labute approximate surface area is 134 Å². The Bertz CT molecular complexity index is 604. The summed E-state index contributed by atoms with van der Waals surface area (Å²) in [6.45, 7) is 0.619. The number of halogens is 1. The minimum Gasteiger partial charge on any atom is -0.481 e. The van der Waals surface area contributed by atoms with Crippen molar-refractivity contribution >= 4 is 40.2 Å². The largest absolute Gasteiger partial charge is 0.481 e. The van der Waals surface area contributed by atoms with Gasteiger partial charge in [-0.15, -0.1) is 0 Å². The number of nitrogens with zero attached hydrogens (tertiary/aromatic N) is 2. The number of hydrogen-bond donors (Lipinski definition) is 1. The predicted molar refractivity (Wildman–Crippen MR) is 82.1 cm³/mol. The summed E-state index contributed by atoms with van der Waals surface area (Å²) in [5.41, 5.74) is 0.0985. The van der Waals surface area contributed by atoms with Gasteiger partial charge in [0, 0.05) is 28.8 Å². The summed E-state index contributed by atoms with van der Waals surface area (Å²) in [7, 11) is 0. The van der Waals surface area contributed by atoms with Crippen LogP contribution in [0.3, 0.4) is 0 Å². The second kappa shape index (κ2) is 6.37. The highest BCUT2D eigenvalue weighted by Gasteiger charge is 2.29. The minimum absolute atomic E-state index is 0.146. The molecule has 1 N–H and O–H groups in total. The van der Waals surface area contributed by atoms with Crippen molar-refractivity contribution in [3.63, 3.8) is 0 Å². The number of non-ortho nitro benzene ring substituents is 1. The van der Waals surface area contributed by atoms with Crippen LogP contribution in [-0.2, 0) is 4.79 Å². The number of likely N-dealkylation sites (tertiary alicyclic amines) is 1. The number of benzene rings is 1. The van der Waals surface area contributed by atoms with E-state index in [2.05, 4.69) is 0 Å². The molecule has 1 heterocycles. The second-order valence-corrected chi connectivity index (χ2v) is 6.01. The first-order chi connectivity index (χ1) is 9.90. The van der Waals surface area contributed by atoms with Gasteiger partial charge in [-0.2, -0.15) is 0 Å². The summed E-state index contributed by atoms with van der Waals surface area (Å²) in [5.74, 6) is -1.84. The number of nitro benzene ring substituents is 1. The van der Waals surface area contributed by atoms with E-state index in [1.54, 1.807) is 0 Å². The van der Waals surface area contributed by atoms with Crippen LogP contribution in [0.4, 0.5) is 5.69 Å². The van der Waals surface area contributed by atoms with Gasteiger partial charge in [-0.1, -0.05) is 0 Å². The number of aliphatic carboxylic acids is 1. The van der Waals surface area contributed by atoms with E-state index in [-0.39, 0.29) is 23.7 Å². The molecule has 1 saturated heterocycles. The number of carboxylic acids is 1. The van der Waals surface area contributed by atoms with Crippen LogP contribution in [0.15, 0.2) is 18.2 Å². The van der Waals surface area contributed by atoms with Crippen LogP contribution in [0.5, 0.6) is 0 Å². The average Bonchev–Trinajstić information content (AvgIpc) is 2.47. The van der Waals surface area contributed by atoms with Gasteiger partial charge in [0.2, 0.25) is 0 Å². The fourth-order valence-electron chi connectivity index (χ4n) is 2.32. The Kier molecular flexibility index (Phi) is 4.76. The Morgan fingerprint density at radius 2 is 2.14 bits per heavy atom. The molecule has 1 aliphatic heterocycles. The monoisotopic (exact) mass is 404 g/mol. The number of carboxylic acid groups (broad SMARTS) is 1. The van der Waals surface area contributed by atoms with Crippen LogP contribution >= 0.6 is 22.6 Å². The highest BCUT2D eigenvalue weighted by atomic mass is 127. The van der Waals surface area contributed by atoms with Crippen molar-refractivity contribution < 1.29 is 19.6 Å². The van der Waals surface area contributed by atoms with Crippen LogP contribution < -0.4 is 0 Å². The number of hydrogen-bond acceptors (Lipinski definition) is 4. The van der Waals surface area contributed by atoms with Crippen molar-refractivity contribution in [2.45, 2.75) is 12.8 Å². The summed E-state index contributed by atoms with van der Waals surface area (Å²) in [6.07, 6.45) is 1.17. The van der Waals surface area contributed by atoms with Crippen molar-refractivity contribution in [1.82, 2.24) is 4.90 Å². The van der Waals surface area contributed by atoms with Crippen molar-refractivity contribution in [2.24, 2.45) is 5.92 Å². The van der Waals surface area contributed by atoms with Gasteiger partial charge in [-0.3, -0.25) is 19.7 Å². The lowest BCUT2D eigenvalue weighted by Gasteiger charge is -2.31. The average molecular weight is 404 g/mol. The fourth-order valence-corrected chi connectivity index (χ4v) is 2.89. The third kappa shape index (κ3) is 3.49. The molecular weight excluding hydrogens is 391 g/mol. The van der Waals surface area contributed by atoms with E-state index in [0.29, 0.717) is 23.0 Å². The summed E-state index contributed by atoms with van der Waals surface area (Å²) in [5, 5.41) is 19.9. The third-order valence-corrected chi connectivity index (χ3v) is 4.39. The Hall–Kier alpha value is -1.71. The fraction of sp³-hybridized carbons (Fsp3) is 0.385. The number of carbonyl (C=O) groups is 2. The molecule has 1 aliphatic rings. The van der Waals surface area contributed by atoms with Gasteiger partial charge >= 0.3 is 5.97 Å². The van der Waals surface area contributed by atoms with E-state index in [0.717, 1.165) is 0 Å². The molecule has 0 radical (unpaired) electrons. The van der Waals surface area contributed by atoms with Gasteiger partial charge < -0.3 is 10.0 Å². The molecule has 2 rings (SSSR count). The van der Waals surface area contributed by atoms with Crippen molar-refractivity contribution in [1.29, 1.82) is 0 Å². The smallest absolute Gasteiger partial charge is 0.308 e. The summed E-state index contributed by atoms with van der Waals surface area (Å²) >= 11 is 1.94. The molecule has 1 aromatic carbocycles. The maximum atomic E-state index is 12.5. The van der Waals surface area contributed by atoms with Crippen LogP contribution in [-0.4, -0.2) is 39.9 Å². The Morgan fingerprint density at radius 3 is 2.76 bits per heavy atom. The van der Waals surface area contributed by atoms with Gasteiger partial charge in [0.05, 0.1) is 16.4 Å². The van der Waals surface area contributed by atoms with Crippen LogP contribution in [0.25, 0.3) is 0 Å². The topological polar surface area (TPSA) is 101 Å². The van der Waals surface area contributed by atoms with Crippen molar-refractivity contribution in [3.05, 3.63) is 37.4 Å². The van der Waals surface area contributed by atoms with Gasteiger partial charge in [-0.25, -0.2) is 0 Å². The molecule has 1 aromatic rings. The SMILES string of the molecule is O=C(O)[C@@H]1CCCN(C(=O)c2cc([N+](=O)[O-])ccc2I)C1. The number of rotatable bonds is 3. The molecule has 0 unspecified atom stereocenters. The lowest BCUT2D eigenvalue weighted by molar-refractivity contribution is -0.384. The number of nitro groups is 1. The maximum Gasteiger partial charge on any atom is 0.308 e. The van der Waals surface area contributed by atoms with Crippen LogP contribution in [0.2, 0.25) is 0 Å². The zero-order valence-corrected chi connectivity index (χ0v) is 13.1.